The minimum Gasteiger partial charge on any atom is -0.480 e. The Morgan fingerprint density at radius 1 is 1.14 bits per heavy atom. The normalized spacial score (nSPS) is 15.1. The van der Waals surface area contributed by atoms with E-state index < -0.39 is 10.3 Å². The molecule has 0 heterocycles. The topological polar surface area (TPSA) is 37.3 Å². The lowest BCUT2D eigenvalue weighted by atomic mass is 9.95. The summed E-state index contributed by atoms with van der Waals surface area (Å²) in [6, 6.07) is 0. The second-order valence-electron chi connectivity index (χ2n) is 3.83. The molecule has 84 valence electrons. The molecule has 0 bridgehead atoms. The van der Waals surface area contributed by atoms with Gasteiger partial charge in [-0.05, 0) is 12.8 Å². The molecule has 14 heavy (non-hydrogen) atoms. The standard InChI is InChI=1S/C11H21BrO2/c1-3-5-7-9-11(12,10(13)14)8-6-4-2/h3-9H2,1-2H3,(H,13,14). The molecular weight excluding hydrogens is 244 g/mol. The monoisotopic (exact) mass is 264 g/mol. The summed E-state index contributed by atoms with van der Waals surface area (Å²) in [5.74, 6) is -0.706. The van der Waals surface area contributed by atoms with Gasteiger partial charge in [0.2, 0.25) is 0 Å². The van der Waals surface area contributed by atoms with E-state index in [1.165, 1.54) is 0 Å². The molecule has 0 saturated carbocycles. The average molecular weight is 265 g/mol. The van der Waals surface area contributed by atoms with Crippen LogP contribution in [0.1, 0.15) is 58.8 Å². The Labute approximate surface area is 95.2 Å². The Morgan fingerprint density at radius 2 is 1.64 bits per heavy atom. The molecule has 1 unspecified atom stereocenters. The third-order valence-corrected chi connectivity index (χ3v) is 3.62. The van der Waals surface area contributed by atoms with Gasteiger partial charge in [-0.25, -0.2) is 0 Å². The summed E-state index contributed by atoms with van der Waals surface area (Å²) in [7, 11) is 0. The number of halogens is 1. The SMILES string of the molecule is CCCCCC(Br)(CCCC)C(=O)O. The third kappa shape index (κ3) is 4.99. The molecule has 0 fully saturated rings. The summed E-state index contributed by atoms with van der Waals surface area (Å²) in [4.78, 5) is 11.1. The van der Waals surface area contributed by atoms with Crippen LogP contribution in [-0.2, 0) is 4.79 Å². The number of hydrogen-bond acceptors (Lipinski definition) is 1. The molecule has 1 atom stereocenters. The Morgan fingerprint density at radius 3 is 2.07 bits per heavy atom. The van der Waals surface area contributed by atoms with Crippen molar-refractivity contribution in [2.45, 2.75) is 63.1 Å². The van der Waals surface area contributed by atoms with Gasteiger partial charge >= 0.3 is 5.97 Å². The Bertz CT molecular complexity index is 171. The van der Waals surface area contributed by atoms with E-state index in [1.54, 1.807) is 0 Å². The number of hydrogen-bond donors (Lipinski definition) is 1. The largest absolute Gasteiger partial charge is 0.480 e. The van der Waals surface area contributed by atoms with Crippen molar-refractivity contribution in [1.29, 1.82) is 0 Å². The maximum Gasteiger partial charge on any atom is 0.320 e. The van der Waals surface area contributed by atoms with Crippen LogP contribution in [-0.4, -0.2) is 15.4 Å². The Kier molecular flexibility index (Phi) is 7.24. The van der Waals surface area contributed by atoms with Gasteiger partial charge in [0, 0.05) is 0 Å². The molecule has 0 aliphatic heterocycles. The van der Waals surface area contributed by atoms with Crippen LogP contribution in [0.5, 0.6) is 0 Å². The first-order valence-corrected chi connectivity index (χ1v) is 6.28. The van der Waals surface area contributed by atoms with Crippen molar-refractivity contribution in [3.8, 4) is 0 Å². The predicted molar refractivity (Wildman–Crippen MR) is 63.0 cm³/mol. The zero-order chi connectivity index (χ0) is 11.0. The van der Waals surface area contributed by atoms with Gasteiger partial charge < -0.3 is 5.11 Å². The van der Waals surface area contributed by atoms with Crippen molar-refractivity contribution in [2.24, 2.45) is 0 Å². The van der Waals surface area contributed by atoms with E-state index in [-0.39, 0.29) is 0 Å². The summed E-state index contributed by atoms with van der Waals surface area (Å²) in [5.41, 5.74) is 0. The van der Waals surface area contributed by atoms with E-state index in [4.69, 9.17) is 5.11 Å². The first-order chi connectivity index (χ1) is 6.56. The minimum atomic E-state index is -0.706. The van der Waals surface area contributed by atoms with E-state index >= 15 is 0 Å². The zero-order valence-corrected chi connectivity index (χ0v) is 10.8. The van der Waals surface area contributed by atoms with Crippen molar-refractivity contribution in [3.05, 3.63) is 0 Å². The van der Waals surface area contributed by atoms with Gasteiger partial charge in [0.1, 0.15) is 4.32 Å². The van der Waals surface area contributed by atoms with Crippen LogP contribution in [0.4, 0.5) is 0 Å². The number of carboxylic acid groups (broad SMARTS) is 1. The fourth-order valence-corrected chi connectivity index (χ4v) is 2.01. The molecule has 0 aromatic heterocycles. The Hall–Kier alpha value is -0.0500. The van der Waals surface area contributed by atoms with Gasteiger partial charge in [0.25, 0.3) is 0 Å². The minimum absolute atomic E-state index is 0.668. The highest BCUT2D eigenvalue weighted by molar-refractivity contribution is 9.10. The van der Waals surface area contributed by atoms with Crippen molar-refractivity contribution < 1.29 is 9.90 Å². The molecule has 0 spiro atoms. The lowest BCUT2D eigenvalue weighted by Crippen LogP contribution is -2.31. The van der Waals surface area contributed by atoms with E-state index in [1.807, 2.05) is 0 Å². The number of unbranched alkanes of at least 4 members (excludes halogenated alkanes) is 3. The summed E-state index contributed by atoms with van der Waals surface area (Å²) >= 11 is 3.38. The van der Waals surface area contributed by atoms with E-state index in [9.17, 15) is 4.79 Å². The summed E-state index contributed by atoms with van der Waals surface area (Å²) < 4.78 is -0.668. The van der Waals surface area contributed by atoms with Crippen molar-refractivity contribution in [3.63, 3.8) is 0 Å². The van der Waals surface area contributed by atoms with Gasteiger partial charge in [0.15, 0.2) is 0 Å². The van der Waals surface area contributed by atoms with E-state index in [2.05, 4.69) is 29.8 Å². The number of aliphatic carboxylic acids is 1. The van der Waals surface area contributed by atoms with Gasteiger partial charge in [0.05, 0.1) is 0 Å². The molecular formula is C11H21BrO2. The summed E-state index contributed by atoms with van der Waals surface area (Å²) in [6.45, 7) is 4.21. The first-order valence-electron chi connectivity index (χ1n) is 5.49. The highest BCUT2D eigenvalue weighted by atomic mass is 79.9. The first kappa shape index (κ1) is 13.9. The highest BCUT2D eigenvalue weighted by Gasteiger charge is 2.33. The number of carboxylic acids is 1. The van der Waals surface area contributed by atoms with Crippen LogP contribution in [0, 0.1) is 0 Å². The average Bonchev–Trinajstić information content (AvgIpc) is 2.15. The molecule has 0 amide bonds. The van der Waals surface area contributed by atoms with Crippen molar-refractivity contribution in [1.82, 2.24) is 0 Å². The third-order valence-electron chi connectivity index (χ3n) is 2.49. The Balaban J connectivity index is 4.03. The summed E-state index contributed by atoms with van der Waals surface area (Å²) in [5, 5.41) is 9.11. The van der Waals surface area contributed by atoms with Gasteiger partial charge in [-0.3, -0.25) is 4.79 Å². The second-order valence-corrected chi connectivity index (χ2v) is 5.35. The lowest BCUT2D eigenvalue weighted by Gasteiger charge is -2.22. The molecule has 1 N–H and O–H groups in total. The van der Waals surface area contributed by atoms with Crippen LogP contribution in [0.3, 0.4) is 0 Å². The molecule has 0 rings (SSSR count). The highest BCUT2D eigenvalue weighted by Crippen LogP contribution is 2.31. The zero-order valence-electron chi connectivity index (χ0n) is 9.18. The van der Waals surface area contributed by atoms with Crippen molar-refractivity contribution >= 4 is 21.9 Å². The second kappa shape index (κ2) is 7.27. The maximum absolute atomic E-state index is 11.1. The van der Waals surface area contributed by atoms with Gasteiger partial charge in [-0.2, -0.15) is 0 Å². The number of carbonyl (C=O) groups is 1. The molecule has 2 nitrogen and oxygen atoms in total. The fourth-order valence-electron chi connectivity index (χ4n) is 1.45. The molecule has 0 aliphatic rings. The van der Waals surface area contributed by atoms with Crippen LogP contribution >= 0.6 is 15.9 Å². The molecule has 0 aromatic rings. The number of alkyl halides is 1. The number of rotatable bonds is 8. The van der Waals surface area contributed by atoms with Crippen LogP contribution in [0.25, 0.3) is 0 Å². The molecule has 0 radical (unpaired) electrons. The molecule has 0 saturated heterocycles. The van der Waals surface area contributed by atoms with Gasteiger partial charge in [-0.15, -0.1) is 0 Å². The smallest absolute Gasteiger partial charge is 0.320 e. The van der Waals surface area contributed by atoms with Gasteiger partial charge in [-0.1, -0.05) is 61.9 Å². The van der Waals surface area contributed by atoms with Crippen LogP contribution < -0.4 is 0 Å². The molecule has 0 aliphatic carbocycles. The van der Waals surface area contributed by atoms with Crippen molar-refractivity contribution in [2.75, 3.05) is 0 Å². The van der Waals surface area contributed by atoms with Crippen LogP contribution in [0.2, 0.25) is 0 Å². The van der Waals surface area contributed by atoms with E-state index in [0.29, 0.717) is 0 Å². The quantitative estimate of drug-likeness (QED) is 0.532. The molecule has 0 aromatic carbocycles. The predicted octanol–water partition coefficient (Wildman–Crippen LogP) is 3.98. The lowest BCUT2D eigenvalue weighted by molar-refractivity contribution is -0.140. The fraction of sp³-hybridized carbons (Fsp3) is 0.909. The summed E-state index contributed by atoms with van der Waals surface area (Å²) in [6.07, 6.45) is 6.76. The maximum atomic E-state index is 11.1. The van der Waals surface area contributed by atoms with Crippen LogP contribution in [0.15, 0.2) is 0 Å². The van der Waals surface area contributed by atoms with E-state index in [0.717, 1.165) is 44.9 Å². The molecule has 3 heteroatoms.